The summed E-state index contributed by atoms with van der Waals surface area (Å²) < 4.78 is 5.21. The molecule has 0 aliphatic carbocycles. The van der Waals surface area contributed by atoms with Gasteiger partial charge in [0.25, 0.3) is 5.91 Å². The molecule has 0 radical (unpaired) electrons. The van der Waals surface area contributed by atoms with Crippen LogP contribution in [0.5, 0.6) is 5.75 Å². The maximum atomic E-state index is 12.5. The van der Waals surface area contributed by atoms with E-state index < -0.39 is 5.91 Å². The third kappa shape index (κ3) is 3.75. The van der Waals surface area contributed by atoms with Crippen LogP contribution in [0.2, 0.25) is 5.02 Å². The first-order chi connectivity index (χ1) is 11.9. The zero-order valence-electron chi connectivity index (χ0n) is 13.7. The smallest absolute Gasteiger partial charge is 0.277 e. The van der Waals surface area contributed by atoms with E-state index in [0.717, 1.165) is 5.69 Å². The van der Waals surface area contributed by atoms with E-state index in [1.165, 1.54) is 12.1 Å². The zero-order valence-corrected chi connectivity index (χ0v) is 14.4. The number of phenolic OH excluding ortho intramolecular Hbond substituents is 1. The largest absolute Gasteiger partial charge is 0.508 e. The van der Waals surface area contributed by atoms with E-state index in [4.69, 9.17) is 16.1 Å². The molecule has 0 aliphatic rings. The van der Waals surface area contributed by atoms with Gasteiger partial charge in [0.1, 0.15) is 5.75 Å². The van der Waals surface area contributed by atoms with Gasteiger partial charge in [0, 0.05) is 30.7 Å². The average molecular weight is 358 g/mol. The summed E-state index contributed by atoms with van der Waals surface area (Å²) in [5, 5.41) is 16.6. The predicted molar refractivity (Wildman–Crippen MR) is 97.3 cm³/mol. The molecule has 2 aromatic carbocycles. The van der Waals surface area contributed by atoms with Gasteiger partial charge in [0.05, 0.1) is 11.4 Å². The number of nitrogens with one attached hydrogen (secondary N) is 1. The lowest BCUT2D eigenvalue weighted by Gasteiger charge is -2.17. The summed E-state index contributed by atoms with van der Waals surface area (Å²) in [4.78, 5) is 14.3. The highest BCUT2D eigenvalue weighted by Crippen LogP contribution is 2.29. The van der Waals surface area contributed by atoms with Crippen LogP contribution in [0.25, 0.3) is 11.3 Å². The van der Waals surface area contributed by atoms with E-state index in [-0.39, 0.29) is 11.4 Å². The van der Waals surface area contributed by atoms with Gasteiger partial charge in [-0.2, -0.15) is 0 Å². The number of halogens is 1. The van der Waals surface area contributed by atoms with Gasteiger partial charge >= 0.3 is 0 Å². The quantitative estimate of drug-likeness (QED) is 0.737. The Morgan fingerprint density at radius 3 is 2.72 bits per heavy atom. The van der Waals surface area contributed by atoms with Crippen molar-refractivity contribution in [2.45, 2.75) is 0 Å². The van der Waals surface area contributed by atoms with Gasteiger partial charge in [-0.15, -0.1) is 0 Å². The number of rotatable bonds is 4. The molecule has 0 saturated carbocycles. The second kappa shape index (κ2) is 6.86. The summed E-state index contributed by atoms with van der Waals surface area (Å²) in [5.74, 6) is 0.0787. The fraction of sp³-hybridized carbons (Fsp3) is 0.111. The Labute approximate surface area is 149 Å². The number of amides is 1. The van der Waals surface area contributed by atoms with Crippen molar-refractivity contribution in [1.82, 2.24) is 5.16 Å². The molecule has 3 aromatic rings. The minimum atomic E-state index is -0.416. The fourth-order valence-electron chi connectivity index (χ4n) is 2.36. The molecule has 0 bridgehead atoms. The molecule has 2 N–H and O–H groups in total. The first-order valence-electron chi connectivity index (χ1n) is 7.48. The van der Waals surface area contributed by atoms with E-state index >= 15 is 0 Å². The molecule has 1 aromatic heterocycles. The zero-order chi connectivity index (χ0) is 18.0. The second-order valence-electron chi connectivity index (χ2n) is 5.64. The number of phenols is 1. The van der Waals surface area contributed by atoms with Gasteiger partial charge in [-0.1, -0.05) is 28.9 Å². The van der Waals surface area contributed by atoms with Crippen molar-refractivity contribution in [3.8, 4) is 17.1 Å². The Morgan fingerprint density at radius 1 is 1.20 bits per heavy atom. The second-order valence-corrected chi connectivity index (χ2v) is 6.07. The molecule has 6 nitrogen and oxygen atoms in total. The first-order valence-corrected chi connectivity index (χ1v) is 7.86. The molecule has 7 heteroatoms. The molecule has 0 spiro atoms. The number of nitrogens with zero attached hydrogens (tertiary/aromatic N) is 2. The molecule has 0 atom stereocenters. The van der Waals surface area contributed by atoms with Crippen molar-refractivity contribution in [3.05, 3.63) is 59.2 Å². The highest BCUT2D eigenvalue weighted by molar-refractivity contribution is 6.31. The van der Waals surface area contributed by atoms with Gasteiger partial charge in [-0.25, -0.2) is 0 Å². The molecular weight excluding hydrogens is 342 g/mol. The standard InChI is InChI=1S/C18H16ClN3O3/c1-22(2)16-7-6-12(19)9-14(16)20-18(24)15-10-17(25-21-15)11-4-3-5-13(23)8-11/h3-10,23H,1-2H3,(H,20,24). The van der Waals surface area contributed by atoms with E-state index in [0.29, 0.717) is 22.0 Å². The molecule has 1 amide bonds. The number of carbonyl (C=O) groups excluding carboxylic acids is 1. The number of carbonyl (C=O) groups is 1. The SMILES string of the molecule is CN(C)c1ccc(Cl)cc1NC(=O)c1cc(-c2cccc(O)c2)on1. The van der Waals surface area contributed by atoms with Crippen LogP contribution in [0.1, 0.15) is 10.5 Å². The van der Waals surface area contributed by atoms with E-state index in [1.54, 1.807) is 30.3 Å². The fourth-order valence-corrected chi connectivity index (χ4v) is 2.53. The molecule has 0 fully saturated rings. The number of aromatic hydroxyl groups is 1. The van der Waals surface area contributed by atoms with Crippen molar-refractivity contribution >= 4 is 28.9 Å². The van der Waals surface area contributed by atoms with Crippen molar-refractivity contribution < 1.29 is 14.4 Å². The number of aromatic nitrogens is 1. The van der Waals surface area contributed by atoms with E-state index in [2.05, 4.69) is 10.5 Å². The molecular formula is C18H16ClN3O3. The van der Waals surface area contributed by atoms with Crippen LogP contribution in [-0.4, -0.2) is 30.3 Å². The number of hydrogen-bond donors (Lipinski definition) is 2. The van der Waals surface area contributed by atoms with Gasteiger partial charge < -0.3 is 19.8 Å². The molecule has 3 rings (SSSR count). The van der Waals surface area contributed by atoms with Crippen molar-refractivity contribution in [2.75, 3.05) is 24.3 Å². The average Bonchev–Trinajstić information content (AvgIpc) is 3.05. The maximum absolute atomic E-state index is 12.5. The van der Waals surface area contributed by atoms with Gasteiger partial charge in [-0.05, 0) is 30.3 Å². The summed E-state index contributed by atoms with van der Waals surface area (Å²) in [6.07, 6.45) is 0. The summed E-state index contributed by atoms with van der Waals surface area (Å²) in [7, 11) is 3.74. The highest BCUT2D eigenvalue weighted by atomic mass is 35.5. The summed E-state index contributed by atoms with van der Waals surface area (Å²) >= 11 is 6.02. The summed E-state index contributed by atoms with van der Waals surface area (Å²) in [6.45, 7) is 0. The Hall–Kier alpha value is -2.99. The number of benzene rings is 2. The Bertz CT molecular complexity index is 921. The monoisotopic (exact) mass is 357 g/mol. The molecule has 0 saturated heterocycles. The Kier molecular flexibility index (Phi) is 4.63. The van der Waals surface area contributed by atoms with Crippen molar-refractivity contribution in [3.63, 3.8) is 0 Å². The maximum Gasteiger partial charge on any atom is 0.277 e. The lowest BCUT2D eigenvalue weighted by Crippen LogP contribution is -2.17. The summed E-state index contributed by atoms with van der Waals surface area (Å²) in [6, 6.07) is 13.3. The molecule has 0 aliphatic heterocycles. The van der Waals surface area contributed by atoms with Crippen LogP contribution in [0.4, 0.5) is 11.4 Å². The normalized spacial score (nSPS) is 10.5. The van der Waals surface area contributed by atoms with Gasteiger partial charge in [-0.3, -0.25) is 4.79 Å². The van der Waals surface area contributed by atoms with E-state index in [9.17, 15) is 9.90 Å². The van der Waals surface area contributed by atoms with Crippen LogP contribution in [0.3, 0.4) is 0 Å². The van der Waals surface area contributed by atoms with Crippen LogP contribution in [0, 0.1) is 0 Å². The Balaban J connectivity index is 1.85. The van der Waals surface area contributed by atoms with Crippen LogP contribution >= 0.6 is 11.6 Å². The first kappa shape index (κ1) is 16.9. The van der Waals surface area contributed by atoms with Crippen LogP contribution in [-0.2, 0) is 0 Å². The molecule has 25 heavy (non-hydrogen) atoms. The molecule has 1 heterocycles. The lowest BCUT2D eigenvalue weighted by molar-refractivity contribution is 0.101. The highest BCUT2D eigenvalue weighted by Gasteiger charge is 2.16. The van der Waals surface area contributed by atoms with E-state index in [1.807, 2.05) is 25.1 Å². The predicted octanol–water partition coefficient (Wildman–Crippen LogP) is 4.02. The van der Waals surface area contributed by atoms with Crippen LogP contribution < -0.4 is 10.2 Å². The van der Waals surface area contributed by atoms with Gasteiger partial charge in [0.15, 0.2) is 11.5 Å². The van der Waals surface area contributed by atoms with Crippen molar-refractivity contribution in [1.29, 1.82) is 0 Å². The number of anilines is 2. The third-order valence-electron chi connectivity index (χ3n) is 3.56. The topological polar surface area (TPSA) is 78.6 Å². The minimum Gasteiger partial charge on any atom is -0.508 e. The van der Waals surface area contributed by atoms with Gasteiger partial charge in [0.2, 0.25) is 0 Å². The Morgan fingerprint density at radius 2 is 2.00 bits per heavy atom. The molecule has 128 valence electrons. The minimum absolute atomic E-state index is 0.106. The number of hydrogen-bond acceptors (Lipinski definition) is 5. The lowest BCUT2D eigenvalue weighted by atomic mass is 10.1. The molecule has 0 unspecified atom stereocenters. The summed E-state index contributed by atoms with van der Waals surface area (Å²) in [5.41, 5.74) is 2.14. The third-order valence-corrected chi connectivity index (χ3v) is 3.80. The van der Waals surface area contributed by atoms with Crippen molar-refractivity contribution in [2.24, 2.45) is 0 Å². The van der Waals surface area contributed by atoms with Crippen LogP contribution in [0.15, 0.2) is 53.1 Å².